The van der Waals surface area contributed by atoms with Crippen molar-refractivity contribution < 1.29 is 22.4 Å². The minimum atomic E-state index is -3.06. The van der Waals surface area contributed by atoms with Gasteiger partial charge in [0.05, 0.1) is 18.1 Å². The van der Waals surface area contributed by atoms with E-state index in [1.807, 2.05) is 40.1 Å². The van der Waals surface area contributed by atoms with Crippen molar-refractivity contribution in [2.45, 2.75) is 6.04 Å². The molecule has 0 radical (unpaired) electrons. The second-order valence-electron chi connectivity index (χ2n) is 8.66. The Hall–Kier alpha value is -2.82. The zero-order chi connectivity index (χ0) is 24.1. The van der Waals surface area contributed by atoms with Crippen LogP contribution in [0.4, 0.5) is 10.1 Å². The molecule has 8 nitrogen and oxygen atoms in total. The highest BCUT2D eigenvalue weighted by Crippen LogP contribution is 2.26. The molecule has 2 aliphatic heterocycles. The Labute approximate surface area is 199 Å². The highest BCUT2D eigenvalue weighted by Gasteiger charge is 2.36. The van der Waals surface area contributed by atoms with E-state index in [1.165, 1.54) is 24.3 Å². The standard InChI is InChI=1S/C24H29FN4O4S/c25-20-6-8-21(9-7-20)26-22(30)18-27-10-12-29(13-11-27)24(31)23(19-4-2-1-3-5-19)28-14-16-34(32,33)17-15-28/h1-9,23H,10-18H2,(H,26,30). The lowest BCUT2D eigenvalue weighted by Crippen LogP contribution is -2.54. The minimum absolute atomic E-state index is 0.0408. The molecular formula is C24H29FN4O4S. The lowest BCUT2D eigenvalue weighted by atomic mass is 10.0. The molecule has 0 aliphatic carbocycles. The van der Waals surface area contributed by atoms with E-state index in [4.69, 9.17) is 0 Å². The fourth-order valence-corrected chi connectivity index (χ4v) is 5.60. The first-order valence-corrected chi connectivity index (χ1v) is 13.2. The van der Waals surface area contributed by atoms with Crippen molar-refractivity contribution in [3.8, 4) is 0 Å². The van der Waals surface area contributed by atoms with Crippen molar-refractivity contribution in [1.82, 2.24) is 14.7 Å². The second-order valence-corrected chi connectivity index (χ2v) is 11.0. The Kier molecular flexibility index (Phi) is 7.60. The summed E-state index contributed by atoms with van der Waals surface area (Å²) in [6.45, 7) is 2.92. The normalized spacial score (nSPS) is 20.0. The van der Waals surface area contributed by atoms with Crippen LogP contribution >= 0.6 is 0 Å². The number of halogens is 1. The number of benzene rings is 2. The van der Waals surface area contributed by atoms with Gasteiger partial charge in [0.2, 0.25) is 11.8 Å². The van der Waals surface area contributed by atoms with Gasteiger partial charge in [-0.2, -0.15) is 0 Å². The number of nitrogens with zero attached hydrogens (tertiary/aromatic N) is 3. The molecule has 0 bridgehead atoms. The van der Waals surface area contributed by atoms with E-state index < -0.39 is 15.9 Å². The Morgan fingerprint density at radius 3 is 2.12 bits per heavy atom. The van der Waals surface area contributed by atoms with Crippen molar-refractivity contribution in [1.29, 1.82) is 0 Å². The summed E-state index contributed by atoms with van der Waals surface area (Å²) in [6, 6.07) is 14.6. The SMILES string of the molecule is O=C(CN1CCN(C(=O)C(c2ccccc2)N2CCS(=O)(=O)CC2)CC1)Nc1ccc(F)cc1. The van der Waals surface area contributed by atoms with E-state index >= 15 is 0 Å². The number of amides is 2. The van der Waals surface area contributed by atoms with Crippen LogP contribution in [0, 0.1) is 5.82 Å². The Morgan fingerprint density at radius 1 is 0.882 bits per heavy atom. The Morgan fingerprint density at radius 2 is 1.50 bits per heavy atom. The van der Waals surface area contributed by atoms with Gasteiger partial charge in [0.1, 0.15) is 11.9 Å². The molecule has 2 heterocycles. The second kappa shape index (κ2) is 10.6. The van der Waals surface area contributed by atoms with Crippen molar-refractivity contribution in [3.63, 3.8) is 0 Å². The van der Waals surface area contributed by atoms with Crippen LogP contribution in [0.15, 0.2) is 54.6 Å². The number of rotatable bonds is 6. The zero-order valence-electron chi connectivity index (χ0n) is 18.9. The van der Waals surface area contributed by atoms with Crippen LogP contribution in [0.3, 0.4) is 0 Å². The van der Waals surface area contributed by atoms with Crippen molar-refractivity contribution in [3.05, 3.63) is 66.0 Å². The number of carbonyl (C=O) groups is 2. The highest BCUT2D eigenvalue weighted by atomic mass is 32.2. The highest BCUT2D eigenvalue weighted by molar-refractivity contribution is 7.91. The van der Waals surface area contributed by atoms with Crippen LogP contribution in [0.5, 0.6) is 0 Å². The third-order valence-electron chi connectivity index (χ3n) is 6.27. The molecule has 1 N–H and O–H groups in total. The molecule has 0 saturated carbocycles. The smallest absolute Gasteiger partial charge is 0.244 e. The van der Waals surface area contributed by atoms with Gasteiger partial charge >= 0.3 is 0 Å². The summed E-state index contributed by atoms with van der Waals surface area (Å²) >= 11 is 0. The summed E-state index contributed by atoms with van der Waals surface area (Å²) in [5.41, 5.74) is 1.39. The summed E-state index contributed by atoms with van der Waals surface area (Å²) in [7, 11) is -3.06. The number of hydrogen-bond acceptors (Lipinski definition) is 6. The predicted octanol–water partition coefficient (Wildman–Crippen LogP) is 1.38. The van der Waals surface area contributed by atoms with E-state index in [0.717, 1.165) is 5.56 Å². The summed E-state index contributed by atoms with van der Waals surface area (Å²) in [5, 5.41) is 2.76. The van der Waals surface area contributed by atoms with Gasteiger partial charge in [-0.05, 0) is 29.8 Å². The van der Waals surface area contributed by atoms with Crippen molar-refractivity contribution in [2.75, 3.05) is 62.6 Å². The number of carbonyl (C=O) groups excluding carboxylic acids is 2. The van der Waals surface area contributed by atoms with E-state index in [1.54, 1.807) is 4.90 Å². The lowest BCUT2D eigenvalue weighted by Gasteiger charge is -2.40. The Balaban J connectivity index is 1.35. The number of nitrogens with one attached hydrogen (secondary N) is 1. The Bertz CT molecular complexity index is 1090. The van der Waals surface area contributed by atoms with Crippen molar-refractivity contribution in [2.24, 2.45) is 0 Å². The summed E-state index contributed by atoms with van der Waals surface area (Å²) < 4.78 is 36.8. The zero-order valence-corrected chi connectivity index (χ0v) is 19.7. The van der Waals surface area contributed by atoms with E-state index in [-0.39, 0.29) is 35.7 Å². The van der Waals surface area contributed by atoms with Crippen LogP contribution in [-0.2, 0) is 19.4 Å². The first-order valence-electron chi connectivity index (χ1n) is 11.4. The number of hydrogen-bond donors (Lipinski definition) is 1. The third kappa shape index (κ3) is 6.19. The van der Waals surface area contributed by atoms with Gasteiger partial charge in [0, 0.05) is 45.0 Å². The molecule has 34 heavy (non-hydrogen) atoms. The average Bonchev–Trinajstić information content (AvgIpc) is 2.83. The van der Waals surface area contributed by atoms with Gasteiger partial charge in [-0.25, -0.2) is 12.8 Å². The van der Waals surface area contributed by atoms with E-state index in [0.29, 0.717) is 45.0 Å². The molecule has 182 valence electrons. The summed E-state index contributed by atoms with van der Waals surface area (Å²) in [6.07, 6.45) is 0. The minimum Gasteiger partial charge on any atom is -0.338 e. The number of sulfone groups is 1. The molecule has 2 aromatic rings. The fourth-order valence-electron chi connectivity index (χ4n) is 4.37. The van der Waals surface area contributed by atoms with Gasteiger partial charge < -0.3 is 10.2 Å². The molecule has 2 amide bonds. The lowest BCUT2D eigenvalue weighted by molar-refractivity contribution is -0.139. The maximum absolute atomic E-state index is 13.6. The maximum atomic E-state index is 13.6. The molecule has 2 saturated heterocycles. The number of piperazine rings is 1. The summed E-state index contributed by atoms with van der Waals surface area (Å²) in [5.74, 6) is -0.482. The van der Waals surface area contributed by atoms with Gasteiger partial charge in [-0.15, -0.1) is 0 Å². The molecule has 2 aliphatic rings. The van der Waals surface area contributed by atoms with Gasteiger partial charge in [0.25, 0.3) is 0 Å². The molecule has 0 spiro atoms. The van der Waals surface area contributed by atoms with E-state index in [2.05, 4.69) is 5.32 Å². The topological polar surface area (TPSA) is 90.0 Å². The first-order chi connectivity index (χ1) is 16.3. The average molecular weight is 489 g/mol. The molecule has 0 aromatic heterocycles. The van der Waals surface area contributed by atoms with Gasteiger partial charge in [-0.1, -0.05) is 30.3 Å². The van der Waals surface area contributed by atoms with E-state index in [9.17, 15) is 22.4 Å². The van der Waals surface area contributed by atoms with Crippen LogP contribution < -0.4 is 5.32 Å². The molecule has 2 fully saturated rings. The van der Waals surface area contributed by atoms with Crippen molar-refractivity contribution >= 4 is 27.3 Å². The number of anilines is 1. The fraction of sp³-hybridized carbons (Fsp3) is 0.417. The molecule has 1 unspecified atom stereocenters. The van der Waals surface area contributed by atoms with Crippen LogP contribution in [0.25, 0.3) is 0 Å². The third-order valence-corrected chi connectivity index (χ3v) is 7.88. The first kappa shape index (κ1) is 24.3. The van der Waals surface area contributed by atoms with Gasteiger partial charge in [0.15, 0.2) is 9.84 Å². The predicted molar refractivity (Wildman–Crippen MR) is 127 cm³/mol. The molecule has 1 atom stereocenters. The monoisotopic (exact) mass is 488 g/mol. The van der Waals surface area contributed by atoms with Crippen LogP contribution in [-0.4, -0.2) is 92.3 Å². The van der Waals surface area contributed by atoms with Gasteiger partial charge in [-0.3, -0.25) is 19.4 Å². The molecule has 10 heteroatoms. The van der Waals surface area contributed by atoms with Crippen LogP contribution in [0.1, 0.15) is 11.6 Å². The molecule has 4 rings (SSSR count). The quantitative estimate of drug-likeness (QED) is 0.661. The largest absolute Gasteiger partial charge is 0.338 e. The molecule has 2 aromatic carbocycles. The van der Waals surface area contributed by atoms with Crippen LogP contribution in [0.2, 0.25) is 0 Å². The molecular weight excluding hydrogens is 459 g/mol. The maximum Gasteiger partial charge on any atom is 0.244 e. The summed E-state index contributed by atoms with van der Waals surface area (Å²) in [4.78, 5) is 31.7.